The number of nitrogens with one attached hydrogen (secondary N) is 2. The van der Waals surface area contributed by atoms with Gasteiger partial charge in [0.15, 0.2) is 5.96 Å². The smallest absolute Gasteiger partial charge is 0.191 e. The third kappa shape index (κ3) is 10.7. The SMILES string of the molecule is CCCCOCCCN=C(NCC)NCCc1nccn1Cc1ccccc1.I. The first-order chi connectivity index (χ1) is 13.8. The largest absolute Gasteiger partial charge is 0.381 e. The molecular weight excluding hydrogens is 477 g/mol. The molecule has 0 aliphatic carbocycles. The van der Waals surface area contributed by atoms with Crippen LogP contribution < -0.4 is 10.6 Å². The molecule has 0 amide bonds. The number of unbranched alkanes of at least 4 members (excludes halogenated alkanes) is 1. The molecule has 1 heterocycles. The van der Waals surface area contributed by atoms with Gasteiger partial charge in [-0.25, -0.2) is 4.98 Å². The van der Waals surface area contributed by atoms with Gasteiger partial charge in [0, 0.05) is 58.2 Å². The van der Waals surface area contributed by atoms with E-state index in [9.17, 15) is 0 Å². The van der Waals surface area contributed by atoms with Crippen LogP contribution in [0.15, 0.2) is 47.7 Å². The summed E-state index contributed by atoms with van der Waals surface area (Å²) >= 11 is 0. The van der Waals surface area contributed by atoms with E-state index in [1.807, 2.05) is 18.5 Å². The quantitative estimate of drug-likeness (QED) is 0.185. The summed E-state index contributed by atoms with van der Waals surface area (Å²) in [5.41, 5.74) is 1.28. The number of ether oxygens (including phenoxy) is 1. The highest BCUT2D eigenvalue weighted by atomic mass is 127. The minimum Gasteiger partial charge on any atom is -0.381 e. The van der Waals surface area contributed by atoms with Crippen molar-refractivity contribution in [2.75, 3.05) is 32.8 Å². The van der Waals surface area contributed by atoms with Crippen LogP contribution in [0.2, 0.25) is 0 Å². The van der Waals surface area contributed by atoms with E-state index >= 15 is 0 Å². The van der Waals surface area contributed by atoms with Crippen LogP contribution in [0.4, 0.5) is 0 Å². The molecule has 0 spiro atoms. The van der Waals surface area contributed by atoms with Crippen molar-refractivity contribution in [3.8, 4) is 0 Å². The molecule has 162 valence electrons. The molecule has 7 heteroatoms. The molecule has 1 aromatic carbocycles. The molecule has 0 unspecified atom stereocenters. The monoisotopic (exact) mass is 513 g/mol. The van der Waals surface area contributed by atoms with Crippen molar-refractivity contribution in [1.29, 1.82) is 0 Å². The average molecular weight is 513 g/mol. The van der Waals surface area contributed by atoms with Crippen LogP contribution in [-0.4, -0.2) is 48.4 Å². The van der Waals surface area contributed by atoms with E-state index in [2.05, 4.69) is 63.3 Å². The highest BCUT2D eigenvalue weighted by Crippen LogP contribution is 2.05. The number of aromatic nitrogens is 2. The van der Waals surface area contributed by atoms with E-state index in [1.165, 1.54) is 12.0 Å². The highest BCUT2D eigenvalue weighted by Gasteiger charge is 2.04. The average Bonchev–Trinajstić information content (AvgIpc) is 3.15. The molecule has 2 aromatic rings. The lowest BCUT2D eigenvalue weighted by molar-refractivity contribution is 0.130. The van der Waals surface area contributed by atoms with Gasteiger partial charge in [-0.2, -0.15) is 0 Å². The Morgan fingerprint density at radius 3 is 2.66 bits per heavy atom. The van der Waals surface area contributed by atoms with Gasteiger partial charge in [0.25, 0.3) is 0 Å². The lowest BCUT2D eigenvalue weighted by Crippen LogP contribution is -2.38. The first kappa shape index (κ1) is 25.4. The van der Waals surface area contributed by atoms with Crippen LogP contribution in [-0.2, 0) is 17.7 Å². The van der Waals surface area contributed by atoms with Crippen LogP contribution in [0, 0.1) is 0 Å². The number of nitrogens with zero attached hydrogens (tertiary/aromatic N) is 3. The lowest BCUT2D eigenvalue weighted by atomic mass is 10.2. The van der Waals surface area contributed by atoms with Crippen molar-refractivity contribution in [3.63, 3.8) is 0 Å². The second-order valence-electron chi connectivity index (χ2n) is 6.71. The van der Waals surface area contributed by atoms with Crippen LogP contribution in [0.3, 0.4) is 0 Å². The Labute approximate surface area is 192 Å². The molecule has 0 fully saturated rings. The van der Waals surface area contributed by atoms with Gasteiger partial charge in [-0.05, 0) is 25.3 Å². The van der Waals surface area contributed by atoms with Crippen molar-refractivity contribution in [2.45, 2.75) is 46.1 Å². The fourth-order valence-corrected chi connectivity index (χ4v) is 2.83. The maximum absolute atomic E-state index is 5.59. The summed E-state index contributed by atoms with van der Waals surface area (Å²) in [6.45, 7) is 9.15. The predicted molar refractivity (Wildman–Crippen MR) is 131 cm³/mol. The number of hydrogen-bond donors (Lipinski definition) is 2. The molecule has 0 saturated carbocycles. The number of halogens is 1. The Morgan fingerprint density at radius 1 is 1.10 bits per heavy atom. The van der Waals surface area contributed by atoms with E-state index in [0.717, 1.165) is 70.4 Å². The number of imidazole rings is 1. The zero-order valence-electron chi connectivity index (χ0n) is 17.8. The van der Waals surface area contributed by atoms with Gasteiger partial charge in [0.1, 0.15) is 5.82 Å². The van der Waals surface area contributed by atoms with Crippen LogP contribution in [0.1, 0.15) is 44.5 Å². The van der Waals surface area contributed by atoms with Gasteiger partial charge in [-0.1, -0.05) is 43.7 Å². The maximum Gasteiger partial charge on any atom is 0.191 e. The molecular formula is C22H36IN5O. The topological polar surface area (TPSA) is 63.5 Å². The van der Waals surface area contributed by atoms with Crippen molar-refractivity contribution in [2.24, 2.45) is 4.99 Å². The number of hydrogen-bond acceptors (Lipinski definition) is 3. The van der Waals surface area contributed by atoms with Gasteiger partial charge in [-0.3, -0.25) is 4.99 Å². The summed E-state index contributed by atoms with van der Waals surface area (Å²) in [4.78, 5) is 9.14. The van der Waals surface area contributed by atoms with Crippen molar-refractivity contribution >= 4 is 29.9 Å². The minimum absolute atomic E-state index is 0. The van der Waals surface area contributed by atoms with Crippen molar-refractivity contribution < 1.29 is 4.74 Å². The molecule has 1 aromatic heterocycles. The second kappa shape index (κ2) is 16.2. The molecule has 0 radical (unpaired) electrons. The fraction of sp³-hybridized carbons (Fsp3) is 0.545. The standard InChI is InChI=1S/C22H35N5O.HI/c1-3-5-17-28-18-9-13-25-22(23-4-2)26-14-12-21-24-15-16-27(21)19-20-10-7-6-8-11-20;/h6-8,10-11,15-16H,3-5,9,12-14,17-19H2,1-2H3,(H2,23,25,26);1H. The summed E-state index contributed by atoms with van der Waals surface area (Å²) < 4.78 is 7.79. The molecule has 6 nitrogen and oxygen atoms in total. The summed E-state index contributed by atoms with van der Waals surface area (Å²) in [5.74, 6) is 1.94. The number of rotatable bonds is 13. The molecule has 2 rings (SSSR count). The van der Waals surface area contributed by atoms with Gasteiger partial charge >= 0.3 is 0 Å². The van der Waals surface area contributed by atoms with Gasteiger partial charge in [-0.15, -0.1) is 24.0 Å². The van der Waals surface area contributed by atoms with Crippen LogP contribution in [0.25, 0.3) is 0 Å². The Hall–Kier alpha value is -1.61. The van der Waals surface area contributed by atoms with Gasteiger partial charge < -0.3 is 19.9 Å². The van der Waals surface area contributed by atoms with E-state index in [4.69, 9.17) is 4.74 Å². The van der Waals surface area contributed by atoms with Crippen molar-refractivity contribution in [1.82, 2.24) is 20.2 Å². The van der Waals surface area contributed by atoms with Crippen LogP contribution in [0.5, 0.6) is 0 Å². The molecule has 0 aliphatic rings. The maximum atomic E-state index is 5.59. The Bertz CT molecular complexity index is 675. The first-order valence-corrected chi connectivity index (χ1v) is 10.5. The third-order valence-corrected chi connectivity index (χ3v) is 4.34. The van der Waals surface area contributed by atoms with E-state index < -0.39 is 0 Å². The first-order valence-electron chi connectivity index (χ1n) is 10.5. The van der Waals surface area contributed by atoms with Crippen molar-refractivity contribution in [3.05, 3.63) is 54.1 Å². The summed E-state index contributed by atoms with van der Waals surface area (Å²) in [7, 11) is 0. The fourth-order valence-electron chi connectivity index (χ4n) is 2.83. The number of benzene rings is 1. The Balaban J connectivity index is 0.00000420. The minimum atomic E-state index is 0. The van der Waals surface area contributed by atoms with E-state index in [1.54, 1.807) is 0 Å². The Morgan fingerprint density at radius 2 is 1.90 bits per heavy atom. The number of guanidine groups is 1. The molecule has 29 heavy (non-hydrogen) atoms. The molecule has 2 N–H and O–H groups in total. The molecule has 0 saturated heterocycles. The zero-order valence-corrected chi connectivity index (χ0v) is 20.1. The summed E-state index contributed by atoms with van der Waals surface area (Å²) in [6, 6.07) is 10.5. The van der Waals surface area contributed by atoms with Gasteiger partial charge in [0.05, 0.1) is 0 Å². The zero-order chi connectivity index (χ0) is 19.9. The van der Waals surface area contributed by atoms with E-state index in [-0.39, 0.29) is 24.0 Å². The normalized spacial score (nSPS) is 11.2. The highest BCUT2D eigenvalue weighted by molar-refractivity contribution is 14.0. The predicted octanol–water partition coefficient (Wildman–Crippen LogP) is 3.85. The lowest BCUT2D eigenvalue weighted by Gasteiger charge is -2.12. The Kier molecular flexibility index (Phi) is 14.2. The second-order valence-corrected chi connectivity index (χ2v) is 6.71. The number of aliphatic imine (C=N–C) groups is 1. The molecule has 0 atom stereocenters. The summed E-state index contributed by atoms with van der Waals surface area (Å²) in [6.07, 6.45) is 8.02. The van der Waals surface area contributed by atoms with E-state index in [0.29, 0.717) is 0 Å². The summed E-state index contributed by atoms with van der Waals surface area (Å²) in [5, 5.41) is 6.71. The van der Waals surface area contributed by atoms with Crippen LogP contribution >= 0.6 is 24.0 Å². The molecule has 0 aliphatic heterocycles. The molecule has 0 bridgehead atoms. The third-order valence-electron chi connectivity index (χ3n) is 4.34. The van der Waals surface area contributed by atoms with Gasteiger partial charge in [0.2, 0.25) is 0 Å².